The van der Waals surface area contributed by atoms with Gasteiger partial charge in [-0.2, -0.15) is 26.3 Å². The van der Waals surface area contributed by atoms with E-state index in [1.165, 1.54) is 12.4 Å². The van der Waals surface area contributed by atoms with Gasteiger partial charge in [0.1, 0.15) is 24.8 Å². The Hall–Kier alpha value is -7.30. The van der Waals surface area contributed by atoms with Crippen LogP contribution in [0.5, 0.6) is 0 Å². The number of alkyl halides is 6. The van der Waals surface area contributed by atoms with Gasteiger partial charge >= 0.3 is 12.4 Å². The highest BCUT2D eigenvalue weighted by molar-refractivity contribution is 9.10. The molecule has 0 saturated carbocycles. The number of nitrogens with one attached hydrogen (secondary N) is 2. The van der Waals surface area contributed by atoms with Gasteiger partial charge in [0.05, 0.1) is 31.0 Å². The van der Waals surface area contributed by atoms with E-state index in [0.29, 0.717) is 28.0 Å². The van der Waals surface area contributed by atoms with Crippen LogP contribution in [0.15, 0.2) is 87.3 Å². The van der Waals surface area contributed by atoms with Crippen LogP contribution in [0.3, 0.4) is 0 Å². The maximum atomic E-state index is 13.3. The lowest BCUT2D eigenvalue weighted by Gasteiger charge is -2.15. The molecule has 0 aliphatic heterocycles. The van der Waals surface area contributed by atoms with Gasteiger partial charge in [0.2, 0.25) is 0 Å². The number of sulfone groups is 2. The fourth-order valence-electron chi connectivity index (χ4n) is 4.21. The molecule has 356 valence electrons. The Balaban J connectivity index is 0. The molecule has 4 rings (SSSR count). The second kappa shape index (κ2) is 33.2. The predicted molar refractivity (Wildman–Crippen MR) is 257 cm³/mol. The van der Waals surface area contributed by atoms with Crippen LogP contribution in [0.25, 0.3) is 0 Å². The zero-order valence-corrected chi connectivity index (χ0v) is 40.2. The van der Waals surface area contributed by atoms with Crippen LogP contribution in [0.4, 0.5) is 38.0 Å². The van der Waals surface area contributed by atoms with E-state index < -0.39 is 48.0 Å². The Morgan fingerprint density at radius 2 is 1.04 bits per heavy atom. The van der Waals surface area contributed by atoms with E-state index in [1.54, 1.807) is 31.2 Å². The molecule has 0 spiro atoms. The summed E-state index contributed by atoms with van der Waals surface area (Å²) in [5, 5.41) is 22.0. The van der Waals surface area contributed by atoms with E-state index in [0.717, 1.165) is 36.8 Å². The Labute approximate surface area is 403 Å². The summed E-state index contributed by atoms with van der Waals surface area (Å²) >= 11 is 3.24. The lowest BCUT2D eigenvalue weighted by Crippen LogP contribution is -2.14. The average molecular weight is 1040 g/mol. The van der Waals surface area contributed by atoms with Crippen molar-refractivity contribution >= 4 is 47.2 Å². The number of benzene rings is 2. The standard InChI is InChI=1S/C17H15F3N2O3S.C14H12BrF3N2O2S.C6H2.C5H4.C4H6.C3H4O/c1-26(24,25)14-7-6-13(15(10-14)17(18,19)20)11-22-16-12(5-3-9-23)4-2-8-21-16;1-23(21,22)10-5-4-9(11(7-10)14(16,17)18)8-20-13-12(15)3-2-6-19-13;1-3-5-6-4-2;1-3-5-4-2;1-3-4-2;1-2-3-4/h2,4,6-8,10,23H,9,11H2,1H3,(H,21,22);2-7H,8H2,1H3,(H,19,20);1-2H;1H,2H3;1-2H3;1,4H,3H2. The van der Waals surface area contributed by atoms with E-state index in [-0.39, 0.29) is 48.1 Å². The summed E-state index contributed by atoms with van der Waals surface area (Å²) in [6, 6.07) is 12.4. The maximum Gasteiger partial charge on any atom is 0.416 e. The van der Waals surface area contributed by atoms with Gasteiger partial charge in [-0.25, -0.2) is 26.8 Å². The Morgan fingerprint density at radius 1 is 0.632 bits per heavy atom. The van der Waals surface area contributed by atoms with Crippen LogP contribution in [0, 0.1) is 96.7 Å². The van der Waals surface area contributed by atoms with Crippen molar-refractivity contribution in [2.45, 2.75) is 56.0 Å². The summed E-state index contributed by atoms with van der Waals surface area (Å²) in [7, 11) is -7.48. The third kappa shape index (κ3) is 26.6. The fourth-order valence-corrected chi connectivity index (χ4v) is 5.90. The molecule has 0 aliphatic rings. The first kappa shape index (κ1) is 62.8. The first-order chi connectivity index (χ1) is 31.9. The Bertz CT molecular complexity index is 2920. The average Bonchev–Trinajstić information content (AvgIpc) is 3.29. The van der Waals surface area contributed by atoms with Crippen LogP contribution in [0.1, 0.15) is 48.6 Å². The third-order valence-electron chi connectivity index (χ3n) is 7.14. The molecule has 19 heteroatoms. The molecule has 68 heavy (non-hydrogen) atoms. The van der Waals surface area contributed by atoms with Crippen molar-refractivity contribution in [3.8, 4) is 96.7 Å². The summed E-state index contributed by atoms with van der Waals surface area (Å²) in [6.45, 7) is 4.46. The molecule has 0 atom stereocenters. The van der Waals surface area contributed by atoms with Crippen molar-refractivity contribution in [2.75, 3.05) is 36.4 Å². The van der Waals surface area contributed by atoms with E-state index >= 15 is 0 Å². The highest BCUT2D eigenvalue weighted by atomic mass is 79.9. The number of anilines is 2. The minimum atomic E-state index is -4.71. The molecule has 2 heterocycles. The number of aromatic nitrogens is 2. The van der Waals surface area contributed by atoms with Gasteiger partial charge in [-0.1, -0.05) is 35.8 Å². The van der Waals surface area contributed by atoms with Crippen LogP contribution in [-0.4, -0.2) is 62.7 Å². The van der Waals surface area contributed by atoms with Crippen molar-refractivity contribution in [2.24, 2.45) is 0 Å². The summed E-state index contributed by atoms with van der Waals surface area (Å²) in [5.74, 6) is 28.8. The predicted octanol–water partition coefficient (Wildman–Crippen LogP) is 7.88. The van der Waals surface area contributed by atoms with Crippen LogP contribution in [-0.2, 0) is 45.1 Å². The lowest BCUT2D eigenvalue weighted by molar-refractivity contribution is -0.139. The first-order valence-electron chi connectivity index (χ1n) is 18.5. The number of pyridine rings is 2. The highest BCUT2D eigenvalue weighted by Gasteiger charge is 2.35. The highest BCUT2D eigenvalue weighted by Crippen LogP contribution is 2.35. The zero-order valence-electron chi connectivity index (χ0n) is 37.0. The fraction of sp³-hybridized carbons (Fsp3) is 0.224. The quantitative estimate of drug-likeness (QED) is 0.101. The van der Waals surface area contributed by atoms with Crippen molar-refractivity contribution in [1.29, 1.82) is 0 Å². The molecule has 4 aromatic rings. The zero-order chi connectivity index (χ0) is 52.4. The molecule has 0 unspecified atom stereocenters. The van der Waals surface area contributed by atoms with Crippen molar-refractivity contribution in [3.63, 3.8) is 0 Å². The second-order valence-corrected chi connectivity index (χ2v) is 16.9. The summed E-state index contributed by atoms with van der Waals surface area (Å²) in [6.07, 6.45) is 13.9. The van der Waals surface area contributed by atoms with Gasteiger partial charge in [0, 0.05) is 38.0 Å². The normalized spacial score (nSPS) is 9.56. The number of hydrogen-bond donors (Lipinski definition) is 4. The topological polar surface area (TPSA) is 159 Å². The monoisotopic (exact) mass is 1040 g/mol. The van der Waals surface area contributed by atoms with Gasteiger partial charge in [-0.15, -0.1) is 37.5 Å². The molecule has 0 bridgehead atoms. The minimum absolute atomic E-state index is 0.0672. The van der Waals surface area contributed by atoms with Crippen LogP contribution < -0.4 is 10.6 Å². The molecule has 4 N–H and O–H groups in total. The molecule has 2 aromatic carbocycles. The Kier molecular flexibility index (Phi) is 30.7. The van der Waals surface area contributed by atoms with E-state index in [1.807, 2.05) is 19.8 Å². The molecule has 0 aliphatic carbocycles. The number of terminal acetylenes is 4. The molecular formula is C49H43BrF6N4O6S2. The minimum Gasteiger partial charge on any atom is -0.384 e. The van der Waals surface area contributed by atoms with Gasteiger partial charge in [0.25, 0.3) is 0 Å². The van der Waals surface area contributed by atoms with E-state index in [2.05, 4.69) is 108 Å². The van der Waals surface area contributed by atoms with Crippen molar-refractivity contribution in [3.05, 3.63) is 105 Å². The lowest BCUT2D eigenvalue weighted by atomic mass is 10.1. The number of halogens is 7. The molecular weight excluding hydrogens is 999 g/mol. The third-order valence-corrected chi connectivity index (χ3v) is 10.00. The number of rotatable bonds is 8. The SMILES string of the molecule is C#CC#CC.C#CC#CC#C.C#CCO.CC#CC.CS(=O)(=O)c1ccc(CNc2ncccc2Br)c(C(F)(F)F)c1.CS(=O)(=O)c1ccc(CNc2ncccc2C#CCO)c(C(F)(F)F)c1. The van der Waals surface area contributed by atoms with Gasteiger partial charge < -0.3 is 20.8 Å². The van der Waals surface area contributed by atoms with Crippen molar-refractivity contribution in [1.82, 2.24) is 9.97 Å². The van der Waals surface area contributed by atoms with Gasteiger partial charge in [-0.3, -0.25) is 0 Å². The number of hydrogen-bond acceptors (Lipinski definition) is 10. The summed E-state index contributed by atoms with van der Waals surface area (Å²) < 4.78 is 126. The summed E-state index contributed by atoms with van der Waals surface area (Å²) in [5.41, 5.74) is -1.80. The van der Waals surface area contributed by atoms with Crippen molar-refractivity contribution < 1.29 is 53.4 Å². The van der Waals surface area contributed by atoms with Gasteiger partial charge in [-0.05, 0) is 132 Å². The molecule has 10 nitrogen and oxygen atoms in total. The number of nitrogens with zero attached hydrogens (tertiary/aromatic N) is 2. The van der Waals surface area contributed by atoms with E-state index in [9.17, 15) is 43.2 Å². The largest absolute Gasteiger partial charge is 0.416 e. The van der Waals surface area contributed by atoms with E-state index in [4.69, 9.17) is 29.5 Å². The second-order valence-electron chi connectivity index (χ2n) is 12.0. The smallest absolute Gasteiger partial charge is 0.384 e. The molecule has 0 fully saturated rings. The first-order valence-corrected chi connectivity index (χ1v) is 23.0. The van der Waals surface area contributed by atoms with Gasteiger partial charge in [0.15, 0.2) is 19.7 Å². The molecule has 0 amide bonds. The molecule has 0 saturated heterocycles. The molecule has 2 aromatic heterocycles. The number of aliphatic hydroxyl groups is 2. The van der Waals surface area contributed by atoms with Crippen LogP contribution >= 0.6 is 15.9 Å². The van der Waals surface area contributed by atoms with Crippen LogP contribution in [0.2, 0.25) is 0 Å². The molecule has 0 radical (unpaired) electrons. The number of aliphatic hydroxyl groups excluding tert-OH is 2. The maximum absolute atomic E-state index is 13.3. The Morgan fingerprint density at radius 3 is 1.37 bits per heavy atom. The summed E-state index contributed by atoms with van der Waals surface area (Å²) in [4.78, 5) is 7.26.